The zero-order chi connectivity index (χ0) is 20.9. The molecule has 6 nitrogen and oxygen atoms in total. The summed E-state index contributed by atoms with van der Waals surface area (Å²) in [6, 6.07) is 28.6. The lowest BCUT2D eigenvalue weighted by Gasteiger charge is -2.15. The molecule has 30 heavy (non-hydrogen) atoms. The van der Waals surface area contributed by atoms with Crippen molar-refractivity contribution in [2.24, 2.45) is 0 Å². The molecule has 0 saturated heterocycles. The van der Waals surface area contributed by atoms with Gasteiger partial charge in [0.25, 0.3) is 5.91 Å². The van der Waals surface area contributed by atoms with E-state index in [0.29, 0.717) is 17.9 Å². The summed E-state index contributed by atoms with van der Waals surface area (Å²) in [4.78, 5) is 19.2. The van der Waals surface area contributed by atoms with Crippen molar-refractivity contribution in [1.29, 1.82) is 5.26 Å². The molecule has 146 valence electrons. The summed E-state index contributed by atoms with van der Waals surface area (Å²) in [5, 5.41) is 13.4. The van der Waals surface area contributed by atoms with Crippen LogP contribution in [0.4, 0.5) is 0 Å². The van der Waals surface area contributed by atoms with E-state index in [4.69, 9.17) is 5.26 Å². The number of para-hydroxylation sites is 1. The van der Waals surface area contributed by atoms with E-state index in [-0.39, 0.29) is 11.7 Å². The summed E-state index contributed by atoms with van der Waals surface area (Å²) in [6.45, 7) is 0.394. The number of hydrogen-bond donors (Lipinski definition) is 0. The molecule has 1 heterocycles. The van der Waals surface area contributed by atoms with Crippen LogP contribution in [0.2, 0.25) is 0 Å². The molecule has 1 aromatic heterocycles. The lowest BCUT2D eigenvalue weighted by molar-refractivity contribution is 0.0773. The van der Waals surface area contributed by atoms with Gasteiger partial charge in [0.05, 0.1) is 17.3 Å². The van der Waals surface area contributed by atoms with Crippen LogP contribution in [0.1, 0.15) is 21.7 Å². The van der Waals surface area contributed by atoms with Crippen molar-refractivity contribution in [3.63, 3.8) is 0 Å². The summed E-state index contributed by atoms with van der Waals surface area (Å²) in [6.07, 6.45) is 0. The van der Waals surface area contributed by atoms with Crippen LogP contribution in [-0.2, 0) is 6.54 Å². The van der Waals surface area contributed by atoms with Gasteiger partial charge < -0.3 is 4.90 Å². The average Bonchev–Trinajstić information content (AvgIpc) is 3.26. The van der Waals surface area contributed by atoms with Crippen LogP contribution in [0.15, 0.2) is 84.9 Å². The number of aromatic nitrogens is 3. The van der Waals surface area contributed by atoms with E-state index >= 15 is 0 Å². The van der Waals surface area contributed by atoms with Crippen LogP contribution < -0.4 is 0 Å². The third kappa shape index (κ3) is 3.96. The van der Waals surface area contributed by atoms with Gasteiger partial charge in [0.15, 0.2) is 5.82 Å². The third-order valence-electron chi connectivity index (χ3n) is 4.68. The van der Waals surface area contributed by atoms with E-state index in [1.807, 2.05) is 72.8 Å². The smallest absolute Gasteiger partial charge is 0.293 e. The Morgan fingerprint density at radius 2 is 1.60 bits per heavy atom. The minimum absolute atomic E-state index is 0.133. The summed E-state index contributed by atoms with van der Waals surface area (Å²) in [5.74, 6) is 0.469. The molecule has 6 heteroatoms. The van der Waals surface area contributed by atoms with Crippen molar-refractivity contribution in [2.75, 3.05) is 7.05 Å². The first-order valence-electron chi connectivity index (χ1n) is 9.48. The Morgan fingerprint density at radius 3 is 2.23 bits per heavy atom. The molecular formula is C24H19N5O. The Kier molecular flexibility index (Phi) is 5.35. The van der Waals surface area contributed by atoms with Crippen molar-refractivity contribution < 1.29 is 4.79 Å². The molecule has 0 saturated carbocycles. The monoisotopic (exact) mass is 393 g/mol. The number of rotatable bonds is 5. The Labute approximate surface area is 174 Å². The van der Waals surface area contributed by atoms with Crippen molar-refractivity contribution in [3.8, 4) is 23.1 Å². The number of nitriles is 1. The number of carbonyl (C=O) groups is 1. The highest BCUT2D eigenvalue weighted by Gasteiger charge is 2.21. The second-order valence-electron chi connectivity index (χ2n) is 6.84. The molecule has 0 spiro atoms. The molecule has 0 atom stereocenters. The minimum atomic E-state index is -0.272. The number of nitrogens with zero attached hydrogens (tertiary/aromatic N) is 5. The van der Waals surface area contributed by atoms with Crippen LogP contribution in [0.3, 0.4) is 0 Å². The summed E-state index contributed by atoms with van der Waals surface area (Å²) in [5.41, 5.74) is 3.22. The van der Waals surface area contributed by atoms with Gasteiger partial charge in [-0.15, -0.1) is 5.10 Å². The first kappa shape index (κ1) is 19.1. The normalized spacial score (nSPS) is 10.4. The lowest BCUT2D eigenvalue weighted by Crippen LogP contribution is -2.27. The van der Waals surface area contributed by atoms with E-state index in [0.717, 1.165) is 16.8 Å². The first-order valence-corrected chi connectivity index (χ1v) is 9.48. The topological polar surface area (TPSA) is 74.8 Å². The number of amides is 1. The zero-order valence-electron chi connectivity index (χ0n) is 16.4. The maximum absolute atomic E-state index is 13.0. The van der Waals surface area contributed by atoms with E-state index in [2.05, 4.69) is 16.2 Å². The molecule has 0 aliphatic heterocycles. The second-order valence-corrected chi connectivity index (χ2v) is 6.84. The van der Waals surface area contributed by atoms with Gasteiger partial charge in [-0.2, -0.15) is 5.26 Å². The largest absolute Gasteiger partial charge is 0.335 e. The maximum Gasteiger partial charge on any atom is 0.293 e. The fourth-order valence-electron chi connectivity index (χ4n) is 3.13. The van der Waals surface area contributed by atoms with Gasteiger partial charge in [-0.25, -0.2) is 9.67 Å². The van der Waals surface area contributed by atoms with Crippen LogP contribution in [0, 0.1) is 11.3 Å². The van der Waals surface area contributed by atoms with Crippen molar-refractivity contribution in [2.45, 2.75) is 6.54 Å². The van der Waals surface area contributed by atoms with E-state index in [9.17, 15) is 4.79 Å². The van der Waals surface area contributed by atoms with Crippen molar-refractivity contribution in [3.05, 3.63) is 102 Å². The number of benzene rings is 3. The number of carbonyl (C=O) groups excluding carboxylic acids is 1. The average molecular weight is 393 g/mol. The van der Waals surface area contributed by atoms with Crippen molar-refractivity contribution in [1.82, 2.24) is 19.7 Å². The Hall–Kier alpha value is -4.24. The quantitative estimate of drug-likeness (QED) is 0.512. The summed E-state index contributed by atoms with van der Waals surface area (Å²) >= 11 is 0. The van der Waals surface area contributed by atoms with Gasteiger partial charge >= 0.3 is 0 Å². The Bertz CT molecular complexity index is 1140. The molecule has 0 aliphatic rings. The summed E-state index contributed by atoms with van der Waals surface area (Å²) in [7, 11) is 1.71. The van der Waals surface area contributed by atoms with E-state index in [1.54, 1.807) is 28.8 Å². The highest BCUT2D eigenvalue weighted by atomic mass is 16.2. The van der Waals surface area contributed by atoms with Gasteiger partial charge in [0.1, 0.15) is 0 Å². The Balaban J connectivity index is 1.65. The second kappa shape index (κ2) is 8.41. The highest BCUT2D eigenvalue weighted by Crippen LogP contribution is 2.21. The fraction of sp³-hybridized carbons (Fsp3) is 0.0833. The van der Waals surface area contributed by atoms with E-state index in [1.165, 1.54) is 0 Å². The highest BCUT2D eigenvalue weighted by molar-refractivity contribution is 5.90. The molecule has 4 rings (SSSR count). The van der Waals surface area contributed by atoms with Gasteiger partial charge in [0, 0.05) is 19.2 Å². The minimum Gasteiger partial charge on any atom is -0.335 e. The van der Waals surface area contributed by atoms with Gasteiger partial charge in [-0.05, 0) is 29.8 Å². The zero-order valence-corrected chi connectivity index (χ0v) is 16.4. The van der Waals surface area contributed by atoms with Crippen molar-refractivity contribution >= 4 is 5.91 Å². The molecule has 0 fully saturated rings. The fourth-order valence-corrected chi connectivity index (χ4v) is 3.13. The number of hydrogen-bond acceptors (Lipinski definition) is 4. The molecular weight excluding hydrogens is 374 g/mol. The SMILES string of the molecule is CN(Cc1ccc(C#N)cc1)C(=O)c1nc(-c2ccccc2)n(-c2ccccc2)n1. The third-order valence-corrected chi connectivity index (χ3v) is 4.68. The standard InChI is InChI=1S/C24H19N5O/c1-28(17-19-14-12-18(16-25)13-15-19)24(30)22-26-23(20-8-4-2-5-9-20)29(27-22)21-10-6-3-7-11-21/h2-15H,17H2,1H3. The molecule has 0 aliphatic carbocycles. The van der Waals surface area contributed by atoms with Crippen LogP contribution in [-0.4, -0.2) is 32.6 Å². The maximum atomic E-state index is 13.0. The Morgan fingerprint density at radius 1 is 0.967 bits per heavy atom. The lowest BCUT2D eigenvalue weighted by atomic mass is 10.1. The molecule has 0 N–H and O–H groups in total. The molecule has 0 bridgehead atoms. The predicted molar refractivity (Wildman–Crippen MR) is 114 cm³/mol. The summed E-state index contributed by atoms with van der Waals surface area (Å²) < 4.78 is 1.69. The van der Waals surface area contributed by atoms with Crippen LogP contribution in [0.5, 0.6) is 0 Å². The van der Waals surface area contributed by atoms with Crippen LogP contribution in [0.25, 0.3) is 17.1 Å². The molecule has 0 unspecified atom stereocenters. The predicted octanol–water partition coefficient (Wildman–Crippen LogP) is 4.08. The van der Waals surface area contributed by atoms with Crippen LogP contribution >= 0.6 is 0 Å². The van der Waals surface area contributed by atoms with Gasteiger partial charge in [-0.3, -0.25) is 4.79 Å². The van der Waals surface area contributed by atoms with Gasteiger partial charge in [0.2, 0.25) is 5.82 Å². The van der Waals surface area contributed by atoms with E-state index < -0.39 is 0 Å². The molecule has 4 aromatic rings. The first-order chi connectivity index (χ1) is 14.7. The molecule has 1 amide bonds. The molecule has 3 aromatic carbocycles. The molecule has 0 radical (unpaired) electrons. The van der Waals surface area contributed by atoms with Gasteiger partial charge in [-0.1, -0.05) is 60.7 Å².